The largest absolute Gasteiger partial charge is 0.467 e. The minimum Gasteiger partial charge on any atom is -0.467 e. The molecule has 3 amide bonds. The van der Waals surface area contributed by atoms with Crippen molar-refractivity contribution in [2.45, 2.75) is 63.8 Å². The van der Waals surface area contributed by atoms with Crippen LogP contribution in [0.15, 0.2) is 41.5 Å². The summed E-state index contributed by atoms with van der Waals surface area (Å²) in [6.07, 6.45) is 5.50. The van der Waals surface area contributed by atoms with E-state index in [1.165, 1.54) is 18.8 Å². The Morgan fingerprint density at radius 3 is 2.54 bits per heavy atom. The lowest BCUT2D eigenvalue weighted by atomic mass is 10.1. The first-order chi connectivity index (χ1) is 17.7. The molecule has 37 heavy (non-hydrogen) atoms. The number of nitrogens with one attached hydrogen (secondary N) is 3. The molecule has 0 spiro atoms. The molecule has 3 atom stereocenters. The number of fused-ring (bicyclic) bond motifs is 13. The maximum Gasteiger partial charge on any atom is 0.328 e. The van der Waals surface area contributed by atoms with E-state index in [2.05, 4.69) is 21.1 Å². The van der Waals surface area contributed by atoms with Gasteiger partial charge in [-0.15, -0.1) is 0 Å². The van der Waals surface area contributed by atoms with Gasteiger partial charge in [0.2, 0.25) is 11.8 Å². The van der Waals surface area contributed by atoms with E-state index >= 15 is 0 Å². The maximum absolute atomic E-state index is 13.2. The predicted molar refractivity (Wildman–Crippen MR) is 134 cm³/mol. The van der Waals surface area contributed by atoms with Crippen LogP contribution in [0.2, 0.25) is 0 Å². The molecule has 12 heteroatoms. The number of rotatable bonds is 7. The Hall–Kier alpha value is -3.96. The number of azo groups is 1. The molecule has 0 aliphatic carbocycles. The second kappa shape index (κ2) is 15.2. The summed E-state index contributed by atoms with van der Waals surface area (Å²) in [7, 11) is 2.85. The number of ether oxygens (including phenoxy) is 2. The Labute approximate surface area is 216 Å². The number of hydrogen-bond donors (Lipinski definition) is 4. The number of nitrogens with two attached hydrogens (primary N) is 1. The van der Waals surface area contributed by atoms with Gasteiger partial charge in [0, 0.05) is 6.92 Å². The molecule has 2 aliphatic heterocycles. The second-order valence-corrected chi connectivity index (χ2v) is 8.67. The van der Waals surface area contributed by atoms with E-state index in [9.17, 15) is 19.2 Å². The number of hydrogen-bond acceptors (Lipinski definition) is 7. The molecule has 3 rings (SSSR count). The molecule has 12 nitrogen and oxygen atoms in total. The summed E-state index contributed by atoms with van der Waals surface area (Å²) < 4.78 is 10.6. The van der Waals surface area contributed by atoms with Gasteiger partial charge in [-0.05, 0) is 66.1 Å². The molecule has 0 saturated heterocycles. The van der Waals surface area contributed by atoms with Crippen LogP contribution in [0.4, 0.5) is 0 Å². The van der Waals surface area contributed by atoms with Crippen LogP contribution in [0, 0.1) is 0 Å². The van der Waals surface area contributed by atoms with Crippen molar-refractivity contribution < 1.29 is 33.5 Å². The lowest BCUT2D eigenvalue weighted by Crippen LogP contribution is -2.57. The van der Waals surface area contributed by atoms with Gasteiger partial charge in [-0.25, -0.2) is 4.79 Å². The number of unbranched alkanes of at least 4 members (excludes halogenated alkanes) is 1. The third-order valence-corrected chi connectivity index (χ3v) is 5.55. The highest BCUT2D eigenvalue weighted by Gasteiger charge is 2.30. The molecule has 2 aliphatic rings. The Balaban J connectivity index is 2.31. The van der Waals surface area contributed by atoms with Crippen molar-refractivity contribution in [3.63, 3.8) is 0 Å². The Bertz CT molecular complexity index is 990. The Kier molecular flexibility index (Phi) is 12.0. The first kappa shape index (κ1) is 29.3. The van der Waals surface area contributed by atoms with E-state index in [1.807, 2.05) is 24.3 Å². The van der Waals surface area contributed by atoms with Gasteiger partial charge in [0.25, 0.3) is 12.1 Å². The molecular weight excluding hydrogens is 480 g/mol. The molecule has 0 aromatic heterocycles. The number of esters is 1. The average Bonchev–Trinajstić information content (AvgIpc) is 2.86. The van der Waals surface area contributed by atoms with Crippen LogP contribution in [0.25, 0.3) is 0 Å². The third-order valence-electron chi connectivity index (χ3n) is 5.55. The molecule has 0 radical (unpaired) electrons. The van der Waals surface area contributed by atoms with Gasteiger partial charge in [-0.1, -0.05) is 24.3 Å². The SMILES string of the molecule is COC(=O)[C@@H]1CC=CCCc2ccc(cc2)O[C@H](NC(C)=O)C(=O)N[C@@H](CCCCN=[N+](C)N)C(=O)N1. The lowest BCUT2D eigenvalue weighted by Gasteiger charge is -2.25. The van der Waals surface area contributed by atoms with Crippen molar-refractivity contribution in [1.82, 2.24) is 16.0 Å². The minimum absolute atomic E-state index is 0.233. The fourth-order valence-electron chi connectivity index (χ4n) is 3.64. The van der Waals surface area contributed by atoms with E-state index in [4.69, 9.17) is 15.3 Å². The van der Waals surface area contributed by atoms with Crippen LogP contribution >= 0.6 is 0 Å². The molecule has 202 valence electrons. The highest BCUT2D eigenvalue weighted by atomic mass is 16.5. The third kappa shape index (κ3) is 10.7. The van der Waals surface area contributed by atoms with E-state index in [-0.39, 0.29) is 12.8 Å². The van der Waals surface area contributed by atoms with E-state index in [0.29, 0.717) is 25.1 Å². The normalized spacial score (nSPS) is 21.3. The number of benzene rings is 1. The highest BCUT2D eigenvalue weighted by molar-refractivity contribution is 5.93. The van der Waals surface area contributed by atoms with Crippen molar-refractivity contribution in [1.29, 1.82) is 0 Å². The van der Waals surface area contributed by atoms with Crippen LogP contribution in [0.1, 0.15) is 44.6 Å². The zero-order chi connectivity index (χ0) is 27.2. The molecule has 1 aromatic rings. The monoisotopic (exact) mass is 517 g/mol. The number of hydrazine groups is 1. The average molecular weight is 518 g/mol. The van der Waals surface area contributed by atoms with Gasteiger partial charge in [-0.3, -0.25) is 14.4 Å². The van der Waals surface area contributed by atoms with E-state index in [1.54, 1.807) is 19.2 Å². The van der Waals surface area contributed by atoms with Crippen molar-refractivity contribution in [3.8, 4) is 5.75 Å². The first-order valence-corrected chi connectivity index (χ1v) is 12.2. The Morgan fingerprint density at radius 2 is 1.89 bits per heavy atom. The summed E-state index contributed by atoms with van der Waals surface area (Å²) >= 11 is 0. The van der Waals surface area contributed by atoms with E-state index in [0.717, 1.165) is 18.4 Å². The van der Waals surface area contributed by atoms with Gasteiger partial charge in [0.1, 0.15) is 24.4 Å². The summed E-state index contributed by atoms with van der Waals surface area (Å²) in [4.78, 5) is 51.6. The number of amides is 3. The van der Waals surface area contributed by atoms with Gasteiger partial charge >= 0.3 is 5.97 Å². The molecule has 0 saturated carbocycles. The van der Waals surface area contributed by atoms with Crippen molar-refractivity contribution >= 4 is 23.7 Å². The van der Waals surface area contributed by atoms with Crippen LogP contribution in [-0.4, -0.2) is 67.5 Å². The maximum atomic E-state index is 13.2. The standard InChI is InChI=1S/C25H36N6O6/c1-17(32)28-24-23(34)29-20(10-7-8-16-27-31(2)26)22(33)30-21(25(35)36-3)11-6-4-5-9-18-12-14-19(37-24)15-13-18/h4,6,12-15,20-21,24H,5,7-11,16H2,1-3H3,(H4-,26,27,28,29,30,32,33,34)/p+1/t20-,21-,24-/m0/s1. The van der Waals surface area contributed by atoms with Gasteiger partial charge in [-0.2, -0.15) is 5.84 Å². The summed E-state index contributed by atoms with van der Waals surface area (Å²) in [6.45, 7) is 1.71. The number of carbonyl (C=O) groups excluding carboxylic acids is 4. The zero-order valence-electron chi connectivity index (χ0n) is 21.6. The Morgan fingerprint density at radius 1 is 1.16 bits per heavy atom. The van der Waals surface area contributed by atoms with Crippen LogP contribution < -0.4 is 26.5 Å². The van der Waals surface area contributed by atoms with Crippen LogP contribution in [0.3, 0.4) is 0 Å². The van der Waals surface area contributed by atoms with Crippen molar-refractivity contribution in [3.05, 3.63) is 42.0 Å². The summed E-state index contributed by atoms with van der Waals surface area (Å²) in [5.74, 6) is 3.53. The molecule has 1 aromatic carbocycles. The quantitative estimate of drug-likeness (QED) is 0.0604. The van der Waals surface area contributed by atoms with Gasteiger partial charge < -0.3 is 25.4 Å². The summed E-state index contributed by atoms with van der Waals surface area (Å²) in [6, 6.07) is 5.25. The second-order valence-electron chi connectivity index (χ2n) is 8.67. The minimum atomic E-state index is -1.37. The van der Waals surface area contributed by atoms with Gasteiger partial charge in [0.05, 0.1) is 7.11 Å². The number of carbonyl (C=O) groups is 4. The molecule has 0 fully saturated rings. The fraction of sp³-hybridized carbons (Fsp3) is 0.520. The van der Waals surface area contributed by atoms with Crippen molar-refractivity contribution in [2.24, 2.45) is 11.0 Å². The number of allylic oxidation sites excluding steroid dienone is 1. The molecule has 0 unspecified atom stereocenters. The van der Waals surface area contributed by atoms with Gasteiger partial charge in [0.15, 0.2) is 7.05 Å². The molecule has 5 N–H and O–H groups in total. The fourth-order valence-corrected chi connectivity index (χ4v) is 3.64. The lowest BCUT2D eigenvalue weighted by molar-refractivity contribution is -0.579. The topological polar surface area (TPSA) is 164 Å². The first-order valence-electron chi connectivity index (χ1n) is 12.2. The number of nitrogens with zero attached hydrogens (tertiary/aromatic N) is 2. The predicted octanol–water partition coefficient (Wildman–Crippen LogP) is 0.701. The highest BCUT2D eigenvalue weighted by Crippen LogP contribution is 2.16. The molecule has 2 heterocycles. The van der Waals surface area contributed by atoms with Crippen LogP contribution in [-0.2, 0) is 30.3 Å². The molecular formula is C25H37N6O6+. The van der Waals surface area contributed by atoms with E-state index < -0.39 is 42.0 Å². The van der Waals surface area contributed by atoms with Crippen molar-refractivity contribution in [2.75, 3.05) is 20.7 Å². The number of aryl methyl sites for hydroxylation is 1. The summed E-state index contributed by atoms with van der Waals surface area (Å²) in [5.41, 5.74) is 1.05. The molecule has 2 bridgehead atoms. The number of methoxy groups -OCH3 is 1. The smallest absolute Gasteiger partial charge is 0.328 e. The van der Waals surface area contributed by atoms with Crippen LogP contribution in [0.5, 0.6) is 5.75 Å². The summed E-state index contributed by atoms with van der Waals surface area (Å²) in [5, 5.41) is 11.9. The zero-order valence-corrected chi connectivity index (χ0v) is 21.6.